The third-order valence-electron chi connectivity index (χ3n) is 3.41. The standard InChI is InChI=1S/C19H30N2O7/c20-6-7-24-8-9-25-10-11-26-12-13-27-15-18(22)28-19(23)17(21)14-16-4-2-1-3-5-16/h1-5,17H,6-15,20-21H2/t17-/m0/s1. The first-order valence-electron chi connectivity index (χ1n) is 9.18. The highest BCUT2D eigenvalue weighted by atomic mass is 16.6. The number of hydrogen-bond acceptors (Lipinski definition) is 9. The van der Waals surface area contributed by atoms with E-state index in [9.17, 15) is 9.59 Å². The third-order valence-corrected chi connectivity index (χ3v) is 3.41. The molecule has 0 saturated heterocycles. The quantitative estimate of drug-likeness (QED) is 0.218. The average Bonchev–Trinajstić information content (AvgIpc) is 2.69. The number of nitrogens with two attached hydrogens (primary N) is 2. The topological polar surface area (TPSA) is 132 Å². The highest BCUT2D eigenvalue weighted by Crippen LogP contribution is 2.03. The molecule has 1 aromatic rings. The van der Waals surface area contributed by atoms with Crippen LogP contribution in [0.4, 0.5) is 0 Å². The van der Waals surface area contributed by atoms with Crippen molar-refractivity contribution in [3.8, 4) is 0 Å². The Hall–Kier alpha value is -1.88. The van der Waals surface area contributed by atoms with E-state index < -0.39 is 18.0 Å². The van der Waals surface area contributed by atoms with E-state index in [-0.39, 0.29) is 13.2 Å². The minimum atomic E-state index is -0.907. The van der Waals surface area contributed by atoms with E-state index in [4.69, 9.17) is 30.4 Å². The molecule has 28 heavy (non-hydrogen) atoms. The predicted octanol–water partition coefficient (Wildman–Crippen LogP) is -0.349. The normalized spacial score (nSPS) is 11.9. The van der Waals surface area contributed by atoms with Crippen LogP contribution in [0.15, 0.2) is 30.3 Å². The molecule has 0 aliphatic carbocycles. The van der Waals surface area contributed by atoms with Gasteiger partial charge in [0.25, 0.3) is 0 Å². The Morgan fingerprint density at radius 2 is 1.36 bits per heavy atom. The van der Waals surface area contributed by atoms with Crippen LogP contribution in [0.3, 0.4) is 0 Å². The molecule has 9 heteroatoms. The molecule has 0 fully saturated rings. The second-order valence-corrected chi connectivity index (χ2v) is 5.77. The molecule has 0 unspecified atom stereocenters. The maximum absolute atomic E-state index is 11.8. The van der Waals surface area contributed by atoms with Crippen LogP contribution in [0.25, 0.3) is 0 Å². The third kappa shape index (κ3) is 12.5. The second kappa shape index (κ2) is 16.1. The van der Waals surface area contributed by atoms with Crippen molar-refractivity contribution in [2.75, 3.05) is 59.4 Å². The summed E-state index contributed by atoms with van der Waals surface area (Å²) in [6.07, 6.45) is 0.295. The summed E-state index contributed by atoms with van der Waals surface area (Å²) >= 11 is 0. The largest absolute Gasteiger partial charge is 0.390 e. The summed E-state index contributed by atoms with van der Waals surface area (Å²) in [5.41, 5.74) is 11.9. The van der Waals surface area contributed by atoms with Gasteiger partial charge >= 0.3 is 11.9 Å². The fourth-order valence-corrected chi connectivity index (χ4v) is 2.07. The Bertz CT molecular complexity index is 542. The first-order chi connectivity index (χ1) is 13.6. The van der Waals surface area contributed by atoms with Gasteiger partial charge in [-0.3, -0.25) is 0 Å². The molecule has 0 saturated carbocycles. The Morgan fingerprint density at radius 1 is 0.821 bits per heavy atom. The van der Waals surface area contributed by atoms with Crippen molar-refractivity contribution >= 4 is 11.9 Å². The van der Waals surface area contributed by atoms with Gasteiger partial charge in [0, 0.05) is 6.54 Å². The number of hydrogen-bond donors (Lipinski definition) is 2. The van der Waals surface area contributed by atoms with Crippen LogP contribution in [0.1, 0.15) is 5.56 Å². The van der Waals surface area contributed by atoms with E-state index >= 15 is 0 Å². The molecular formula is C19H30N2O7. The molecular weight excluding hydrogens is 368 g/mol. The summed E-state index contributed by atoms with van der Waals surface area (Å²) in [5, 5.41) is 0. The number of esters is 2. The zero-order valence-corrected chi connectivity index (χ0v) is 16.0. The van der Waals surface area contributed by atoms with E-state index in [0.717, 1.165) is 5.56 Å². The van der Waals surface area contributed by atoms with Gasteiger partial charge in [-0.1, -0.05) is 30.3 Å². The summed E-state index contributed by atoms with van der Waals surface area (Å²) in [5.74, 6) is -1.56. The van der Waals surface area contributed by atoms with Gasteiger partial charge in [0.15, 0.2) is 0 Å². The first kappa shape index (κ1) is 24.2. The van der Waals surface area contributed by atoms with Crippen molar-refractivity contribution in [2.24, 2.45) is 11.5 Å². The summed E-state index contributed by atoms with van der Waals surface area (Å²) < 4.78 is 25.5. The fourth-order valence-electron chi connectivity index (χ4n) is 2.07. The van der Waals surface area contributed by atoms with Gasteiger partial charge in [-0.25, -0.2) is 9.59 Å². The zero-order valence-electron chi connectivity index (χ0n) is 16.0. The van der Waals surface area contributed by atoms with Gasteiger partial charge in [-0.05, 0) is 12.0 Å². The molecule has 0 aliphatic rings. The van der Waals surface area contributed by atoms with Crippen LogP contribution in [0.2, 0.25) is 0 Å². The molecule has 9 nitrogen and oxygen atoms in total. The molecule has 0 aromatic heterocycles. The van der Waals surface area contributed by atoms with Crippen LogP contribution in [0, 0.1) is 0 Å². The smallest absolute Gasteiger partial charge is 0.339 e. The van der Waals surface area contributed by atoms with Gasteiger partial charge in [0.1, 0.15) is 12.6 Å². The maximum Gasteiger partial charge on any atom is 0.339 e. The predicted molar refractivity (Wildman–Crippen MR) is 102 cm³/mol. The van der Waals surface area contributed by atoms with E-state index in [1.54, 1.807) is 0 Å². The van der Waals surface area contributed by atoms with Crippen LogP contribution in [-0.2, 0) is 39.7 Å². The molecule has 0 bridgehead atoms. The van der Waals surface area contributed by atoms with Gasteiger partial charge in [0.2, 0.25) is 0 Å². The lowest BCUT2D eigenvalue weighted by Gasteiger charge is -2.10. The number of benzene rings is 1. The van der Waals surface area contributed by atoms with Crippen molar-refractivity contribution in [1.82, 2.24) is 0 Å². The molecule has 0 radical (unpaired) electrons. The molecule has 0 heterocycles. The van der Waals surface area contributed by atoms with Gasteiger partial charge in [0.05, 0.1) is 46.2 Å². The van der Waals surface area contributed by atoms with Gasteiger partial charge < -0.3 is 35.2 Å². The van der Waals surface area contributed by atoms with Crippen LogP contribution < -0.4 is 11.5 Å². The molecule has 0 spiro atoms. The minimum absolute atomic E-state index is 0.193. The number of carbonyl (C=O) groups is 2. The first-order valence-corrected chi connectivity index (χ1v) is 9.18. The van der Waals surface area contributed by atoms with Crippen molar-refractivity contribution in [1.29, 1.82) is 0 Å². The van der Waals surface area contributed by atoms with Crippen molar-refractivity contribution in [3.05, 3.63) is 35.9 Å². The molecule has 1 atom stereocenters. The van der Waals surface area contributed by atoms with Gasteiger partial charge in [-0.2, -0.15) is 0 Å². The number of rotatable bonds is 16. The van der Waals surface area contributed by atoms with Crippen molar-refractivity contribution in [2.45, 2.75) is 12.5 Å². The van der Waals surface area contributed by atoms with E-state index in [2.05, 4.69) is 4.74 Å². The SMILES string of the molecule is NCCOCCOCCOCCOCC(=O)OC(=O)[C@@H](N)Cc1ccccc1. The molecule has 4 N–H and O–H groups in total. The van der Waals surface area contributed by atoms with Gasteiger partial charge in [-0.15, -0.1) is 0 Å². The molecule has 0 aliphatic heterocycles. The average molecular weight is 398 g/mol. The Kier molecular flexibility index (Phi) is 13.9. The van der Waals surface area contributed by atoms with E-state index in [1.807, 2.05) is 30.3 Å². The fraction of sp³-hybridized carbons (Fsp3) is 0.579. The lowest BCUT2D eigenvalue weighted by Crippen LogP contribution is -2.36. The van der Waals surface area contributed by atoms with Crippen LogP contribution in [-0.4, -0.2) is 77.4 Å². The summed E-state index contributed by atoms with van der Waals surface area (Å²) in [6.45, 7) is 2.96. The Morgan fingerprint density at radius 3 is 1.93 bits per heavy atom. The molecule has 1 rings (SSSR count). The lowest BCUT2D eigenvalue weighted by molar-refractivity contribution is -0.164. The van der Waals surface area contributed by atoms with Crippen molar-refractivity contribution in [3.63, 3.8) is 0 Å². The number of ether oxygens (including phenoxy) is 5. The summed E-state index contributed by atoms with van der Waals surface area (Å²) in [7, 11) is 0. The minimum Gasteiger partial charge on any atom is -0.390 e. The molecule has 1 aromatic carbocycles. The van der Waals surface area contributed by atoms with Crippen LogP contribution in [0.5, 0.6) is 0 Å². The summed E-state index contributed by atoms with van der Waals surface area (Å²) in [6, 6.07) is 8.34. The lowest BCUT2D eigenvalue weighted by atomic mass is 10.1. The second-order valence-electron chi connectivity index (χ2n) is 5.77. The molecule has 0 amide bonds. The zero-order chi connectivity index (χ0) is 20.5. The summed E-state index contributed by atoms with van der Waals surface area (Å²) in [4.78, 5) is 23.4. The number of carbonyl (C=O) groups excluding carboxylic acids is 2. The van der Waals surface area contributed by atoms with Crippen molar-refractivity contribution < 1.29 is 33.3 Å². The highest BCUT2D eigenvalue weighted by Gasteiger charge is 2.19. The monoisotopic (exact) mass is 398 g/mol. The van der Waals surface area contributed by atoms with E-state index in [0.29, 0.717) is 52.6 Å². The van der Waals surface area contributed by atoms with Crippen LogP contribution >= 0.6 is 0 Å². The highest BCUT2D eigenvalue weighted by molar-refractivity contribution is 5.88. The Labute approximate surface area is 165 Å². The Balaban J connectivity index is 1.96. The van der Waals surface area contributed by atoms with E-state index in [1.165, 1.54) is 0 Å². The maximum atomic E-state index is 11.8. The molecule has 158 valence electrons.